The quantitative estimate of drug-likeness (QED) is 0.771. The van der Waals surface area contributed by atoms with Crippen molar-refractivity contribution in [2.45, 2.75) is 37.4 Å². The molecule has 1 atom stereocenters. The molecule has 1 rings (SSSR count). The van der Waals surface area contributed by atoms with Gasteiger partial charge in [0.2, 0.25) is 10.0 Å². The minimum atomic E-state index is -3.45. The molecule has 0 saturated heterocycles. The first-order valence-corrected chi connectivity index (χ1v) is 9.25. The fourth-order valence-electron chi connectivity index (χ4n) is 1.47. The van der Waals surface area contributed by atoms with Crippen LogP contribution in [0.4, 0.5) is 0 Å². The van der Waals surface area contributed by atoms with Gasteiger partial charge in [-0.15, -0.1) is 22.9 Å². The first kappa shape index (κ1) is 16.4. The van der Waals surface area contributed by atoms with Gasteiger partial charge in [-0.2, -0.15) is 0 Å². The molecule has 7 heteroatoms. The highest BCUT2D eigenvalue weighted by atomic mass is 79.9. The Bertz CT molecular complexity index is 480. The molecule has 0 aliphatic carbocycles. The van der Waals surface area contributed by atoms with Crippen LogP contribution in [-0.2, 0) is 10.0 Å². The Balaban J connectivity index is 2.93. The van der Waals surface area contributed by atoms with Gasteiger partial charge in [0.25, 0.3) is 0 Å². The molecular formula is C11H17BrClNO2S2. The van der Waals surface area contributed by atoms with E-state index < -0.39 is 10.0 Å². The lowest BCUT2D eigenvalue weighted by Gasteiger charge is -2.20. The summed E-state index contributed by atoms with van der Waals surface area (Å²) in [6, 6.07) is 1.54. The molecule has 1 heterocycles. The van der Waals surface area contributed by atoms with Gasteiger partial charge in [0.05, 0.1) is 3.79 Å². The van der Waals surface area contributed by atoms with E-state index in [1.165, 1.54) is 11.3 Å². The molecule has 0 aromatic carbocycles. The number of halogens is 2. The zero-order valence-electron chi connectivity index (χ0n) is 10.5. The van der Waals surface area contributed by atoms with E-state index in [-0.39, 0.29) is 12.0 Å². The molecule has 0 amide bonds. The van der Waals surface area contributed by atoms with Gasteiger partial charge in [-0.1, -0.05) is 13.8 Å². The molecule has 0 saturated carbocycles. The third-order valence-electron chi connectivity index (χ3n) is 2.63. The lowest BCUT2D eigenvalue weighted by molar-refractivity contribution is 0.439. The molecule has 104 valence electrons. The van der Waals surface area contributed by atoms with Crippen LogP contribution in [0, 0.1) is 12.8 Å². The van der Waals surface area contributed by atoms with Crippen LogP contribution < -0.4 is 4.72 Å². The van der Waals surface area contributed by atoms with E-state index in [0.29, 0.717) is 16.5 Å². The highest BCUT2D eigenvalue weighted by Crippen LogP contribution is 2.30. The molecule has 0 aliphatic rings. The average Bonchev–Trinajstić information content (AvgIpc) is 2.59. The van der Waals surface area contributed by atoms with Gasteiger partial charge in [-0.3, -0.25) is 0 Å². The molecule has 18 heavy (non-hydrogen) atoms. The highest BCUT2D eigenvalue weighted by molar-refractivity contribution is 9.11. The SMILES string of the molecule is Cc1cc(S(=O)(=O)NC(CCCl)C(C)C)sc1Br. The molecule has 1 aromatic rings. The Labute approximate surface area is 126 Å². The number of aryl methyl sites for hydroxylation is 1. The maximum atomic E-state index is 12.2. The maximum Gasteiger partial charge on any atom is 0.250 e. The van der Waals surface area contributed by atoms with Crippen LogP contribution in [0.1, 0.15) is 25.8 Å². The van der Waals surface area contributed by atoms with Gasteiger partial charge in [0.1, 0.15) is 4.21 Å². The Morgan fingerprint density at radius 2 is 2.11 bits per heavy atom. The van der Waals surface area contributed by atoms with Crippen molar-refractivity contribution >= 4 is 48.9 Å². The van der Waals surface area contributed by atoms with Crippen molar-refractivity contribution in [1.29, 1.82) is 0 Å². The zero-order valence-corrected chi connectivity index (χ0v) is 14.5. The van der Waals surface area contributed by atoms with E-state index >= 15 is 0 Å². The molecule has 0 bridgehead atoms. The van der Waals surface area contributed by atoms with E-state index in [1.54, 1.807) is 6.07 Å². The Hall–Kier alpha value is 0.380. The summed E-state index contributed by atoms with van der Waals surface area (Å²) in [4.78, 5) is 0. The third kappa shape index (κ3) is 4.20. The lowest BCUT2D eigenvalue weighted by Crippen LogP contribution is -2.38. The van der Waals surface area contributed by atoms with Crippen LogP contribution in [-0.4, -0.2) is 20.3 Å². The van der Waals surface area contributed by atoms with Gasteiger partial charge in [-0.25, -0.2) is 13.1 Å². The Morgan fingerprint density at radius 1 is 1.50 bits per heavy atom. The van der Waals surface area contributed by atoms with Crippen molar-refractivity contribution < 1.29 is 8.42 Å². The predicted molar refractivity (Wildman–Crippen MR) is 81.0 cm³/mol. The summed E-state index contributed by atoms with van der Waals surface area (Å²) in [5.41, 5.74) is 0.929. The molecule has 3 nitrogen and oxygen atoms in total. The lowest BCUT2D eigenvalue weighted by atomic mass is 10.0. The van der Waals surface area contributed by atoms with Crippen molar-refractivity contribution in [3.8, 4) is 0 Å². The van der Waals surface area contributed by atoms with Crippen LogP contribution in [0.15, 0.2) is 14.1 Å². The number of rotatable bonds is 6. The van der Waals surface area contributed by atoms with E-state index in [9.17, 15) is 8.42 Å². The number of sulfonamides is 1. The summed E-state index contributed by atoms with van der Waals surface area (Å²) in [7, 11) is -3.45. The smallest absolute Gasteiger partial charge is 0.207 e. The zero-order chi connectivity index (χ0) is 13.9. The summed E-state index contributed by atoms with van der Waals surface area (Å²) < 4.78 is 28.4. The molecule has 1 unspecified atom stereocenters. The summed E-state index contributed by atoms with van der Waals surface area (Å²) in [5.74, 6) is 0.654. The monoisotopic (exact) mass is 373 g/mol. The van der Waals surface area contributed by atoms with Crippen LogP contribution in [0.2, 0.25) is 0 Å². The first-order chi connectivity index (χ1) is 8.27. The van der Waals surface area contributed by atoms with Crippen LogP contribution in [0.25, 0.3) is 0 Å². The van der Waals surface area contributed by atoms with E-state index in [0.717, 1.165) is 9.35 Å². The number of alkyl halides is 1. The van der Waals surface area contributed by atoms with Crippen molar-refractivity contribution in [1.82, 2.24) is 4.72 Å². The summed E-state index contributed by atoms with van der Waals surface area (Å²) in [6.45, 7) is 5.84. The first-order valence-electron chi connectivity index (χ1n) is 5.62. The fraction of sp³-hybridized carbons (Fsp3) is 0.636. The second kappa shape index (κ2) is 6.70. The summed E-state index contributed by atoms with van der Waals surface area (Å²) in [5, 5.41) is 0. The largest absolute Gasteiger partial charge is 0.250 e. The van der Waals surface area contributed by atoms with E-state index in [1.807, 2.05) is 20.8 Å². The molecule has 0 spiro atoms. The van der Waals surface area contributed by atoms with Gasteiger partial charge in [0, 0.05) is 11.9 Å². The fourth-order valence-corrected chi connectivity index (χ4v) is 5.36. The van der Waals surface area contributed by atoms with Crippen LogP contribution in [0.3, 0.4) is 0 Å². The van der Waals surface area contributed by atoms with Gasteiger partial charge >= 0.3 is 0 Å². The Morgan fingerprint density at radius 3 is 2.50 bits per heavy atom. The Kier molecular flexibility index (Phi) is 6.12. The second-order valence-corrected chi connectivity index (χ2v) is 9.16. The van der Waals surface area contributed by atoms with Crippen molar-refractivity contribution in [3.05, 3.63) is 15.4 Å². The van der Waals surface area contributed by atoms with E-state index in [2.05, 4.69) is 20.7 Å². The number of hydrogen-bond acceptors (Lipinski definition) is 3. The van der Waals surface area contributed by atoms with Gasteiger partial charge < -0.3 is 0 Å². The third-order valence-corrected chi connectivity index (χ3v) is 6.95. The normalized spacial score (nSPS) is 14.1. The molecule has 0 radical (unpaired) electrons. The highest BCUT2D eigenvalue weighted by Gasteiger charge is 2.24. The molecule has 0 aliphatic heterocycles. The van der Waals surface area contributed by atoms with Crippen LogP contribution >= 0.6 is 38.9 Å². The number of nitrogens with one attached hydrogen (secondary N) is 1. The van der Waals surface area contributed by atoms with E-state index in [4.69, 9.17) is 11.6 Å². The van der Waals surface area contributed by atoms with Gasteiger partial charge in [0.15, 0.2) is 0 Å². The second-order valence-electron chi connectivity index (χ2n) is 4.47. The molecular weight excluding hydrogens is 358 g/mol. The van der Waals surface area contributed by atoms with Crippen molar-refractivity contribution in [2.24, 2.45) is 5.92 Å². The van der Waals surface area contributed by atoms with Crippen molar-refractivity contribution in [3.63, 3.8) is 0 Å². The minimum Gasteiger partial charge on any atom is -0.207 e. The minimum absolute atomic E-state index is 0.131. The predicted octanol–water partition coefficient (Wildman–Crippen LogP) is 3.75. The maximum absolute atomic E-state index is 12.2. The number of hydrogen-bond donors (Lipinski definition) is 1. The number of thiophene rings is 1. The van der Waals surface area contributed by atoms with Crippen molar-refractivity contribution in [2.75, 3.05) is 5.88 Å². The average molecular weight is 375 g/mol. The standard InChI is InChI=1S/C11H17BrClNO2S2/c1-7(2)9(4-5-13)14-18(15,16)10-6-8(3)11(12)17-10/h6-7,9,14H,4-5H2,1-3H3. The molecule has 0 fully saturated rings. The summed E-state index contributed by atoms with van der Waals surface area (Å²) >= 11 is 10.3. The topological polar surface area (TPSA) is 46.2 Å². The van der Waals surface area contributed by atoms with Crippen LogP contribution in [0.5, 0.6) is 0 Å². The van der Waals surface area contributed by atoms with Gasteiger partial charge in [-0.05, 0) is 46.8 Å². The molecule has 1 aromatic heterocycles. The molecule has 1 N–H and O–H groups in total. The summed E-state index contributed by atoms with van der Waals surface area (Å²) in [6.07, 6.45) is 0.629.